The van der Waals surface area contributed by atoms with Crippen LogP contribution in [0.5, 0.6) is 0 Å². The standard InChI is InChI=1S/C64H123NO10/c1-3-5-7-9-11-13-15-17-19-21-23-24-25-26-27-28-29-30-31-32-33-34-36-37-39-41-43-45-47-49-51-56(67)59(69)55(54-74-64-62(72)61(71)60(70)58(53-66)75-64)65-63(73)57(68)52-50-48-46-44-42-40-38-35-22-20-18-16-14-12-10-8-6-4-2/h36-37,43,45,55-62,64,66-72H,3-35,38-42,44,46-54H2,1-2H3,(H,65,73)/b37-36+,45-43+. The summed E-state index contributed by atoms with van der Waals surface area (Å²) in [6.45, 7) is 3.48. The summed E-state index contributed by atoms with van der Waals surface area (Å²) in [5, 5.41) is 76.2. The second-order valence-electron chi connectivity index (χ2n) is 22.8. The van der Waals surface area contributed by atoms with Gasteiger partial charge < -0.3 is 50.5 Å². The summed E-state index contributed by atoms with van der Waals surface area (Å²) >= 11 is 0. The first-order valence-electron chi connectivity index (χ1n) is 32.2. The zero-order valence-corrected chi connectivity index (χ0v) is 48.8. The Bertz CT molecular complexity index is 1270. The van der Waals surface area contributed by atoms with Gasteiger partial charge in [0, 0.05) is 0 Å². The van der Waals surface area contributed by atoms with E-state index in [2.05, 4.69) is 43.5 Å². The summed E-state index contributed by atoms with van der Waals surface area (Å²) < 4.78 is 11.2. The van der Waals surface area contributed by atoms with Crippen molar-refractivity contribution in [3.05, 3.63) is 24.3 Å². The second-order valence-corrected chi connectivity index (χ2v) is 22.8. The Kier molecular flexibility index (Phi) is 50.8. The maximum Gasteiger partial charge on any atom is 0.249 e. The molecule has 1 aliphatic heterocycles. The van der Waals surface area contributed by atoms with Gasteiger partial charge in [0.1, 0.15) is 36.6 Å². The molecule has 1 amide bonds. The zero-order chi connectivity index (χ0) is 54.7. The molecule has 11 heteroatoms. The molecule has 0 spiro atoms. The lowest BCUT2D eigenvalue weighted by Crippen LogP contribution is -2.60. The Morgan fingerprint density at radius 1 is 0.453 bits per heavy atom. The molecule has 444 valence electrons. The van der Waals surface area contributed by atoms with Crippen LogP contribution in [-0.4, -0.2) is 110 Å². The van der Waals surface area contributed by atoms with Crippen LogP contribution < -0.4 is 5.32 Å². The molecule has 9 atom stereocenters. The molecule has 0 aromatic heterocycles. The van der Waals surface area contributed by atoms with Gasteiger partial charge in [0.2, 0.25) is 5.91 Å². The highest BCUT2D eigenvalue weighted by Crippen LogP contribution is 2.24. The van der Waals surface area contributed by atoms with Gasteiger partial charge in [0.15, 0.2) is 6.29 Å². The van der Waals surface area contributed by atoms with Crippen molar-refractivity contribution < 1.29 is 50.0 Å². The minimum atomic E-state index is -1.67. The summed E-state index contributed by atoms with van der Waals surface area (Å²) in [7, 11) is 0. The maximum atomic E-state index is 13.2. The van der Waals surface area contributed by atoms with E-state index in [9.17, 15) is 40.5 Å². The molecule has 11 nitrogen and oxygen atoms in total. The number of carbonyl (C=O) groups excluding carboxylic acids is 1. The molecule has 9 unspecified atom stereocenters. The molecule has 1 fully saturated rings. The molecule has 8 N–H and O–H groups in total. The zero-order valence-electron chi connectivity index (χ0n) is 48.8. The van der Waals surface area contributed by atoms with Crippen LogP contribution in [0.1, 0.15) is 309 Å². The number of nitrogens with one attached hydrogen (secondary N) is 1. The van der Waals surface area contributed by atoms with E-state index in [4.69, 9.17) is 9.47 Å². The number of allylic oxidation sites excluding steroid dienone is 4. The Morgan fingerprint density at radius 3 is 1.19 bits per heavy atom. The largest absolute Gasteiger partial charge is 0.394 e. The number of aliphatic hydroxyl groups excluding tert-OH is 7. The molecule has 0 aromatic carbocycles. The van der Waals surface area contributed by atoms with Crippen molar-refractivity contribution in [2.75, 3.05) is 13.2 Å². The number of unbranched alkanes of at least 4 members (excludes halogenated alkanes) is 40. The molecule has 1 aliphatic rings. The fourth-order valence-corrected chi connectivity index (χ4v) is 10.5. The number of hydrogen-bond donors (Lipinski definition) is 8. The van der Waals surface area contributed by atoms with Crippen molar-refractivity contribution in [1.82, 2.24) is 5.32 Å². The van der Waals surface area contributed by atoms with Gasteiger partial charge in [-0.2, -0.15) is 0 Å². The van der Waals surface area contributed by atoms with E-state index in [-0.39, 0.29) is 12.8 Å². The minimum absolute atomic E-state index is 0.249. The Hall–Kier alpha value is -1.41. The summed E-state index contributed by atoms with van der Waals surface area (Å²) in [5.41, 5.74) is 0. The highest BCUT2D eigenvalue weighted by molar-refractivity contribution is 5.80. The summed E-state index contributed by atoms with van der Waals surface area (Å²) in [5.74, 6) is -0.705. The first kappa shape index (κ1) is 71.6. The van der Waals surface area contributed by atoms with Gasteiger partial charge in [-0.05, 0) is 51.4 Å². The van der Waals surface area contributed by atoms with Crippen molar-refractivity contribution in [3.8, 4) is 0 Å². The summed E-state index contributed by atoms with van der Waals surface area (Å²) in [6, 6.07) is -1.19. The fourth-order valence-electron chi connectivity index (χ4n) is 10.5. The second kappa shape index (κ2) is 53.2. The smallest absolute Gasteiger partial charge is 0.249 e. The van der Waals surface area contributed by atoms with Gasteiger partial charge in [0.25, 0.3) is 0 Å². The van der Waals surface area contributed by atoms with E-state index in [1.165, 1.54) is 225 Å². The highest BCUT2D eigenvalue weighted by Gasteiger charge is 2.44. The molecule has 1 heterocycles. The van der Waals surface area contributed by atoms with Crippen LogP contribution >= 0.6 is 0 Å². The summed E-state index contributed by atoms with van der Waals surface area (Å²) in [6.07, 6.45) is 54.0. The van der Waals surface area contributed by atoms with Crippen molar-refractivity contribution in [3.63, 3.8) is 0 Å². The van der Waals surface area contributed by atoms with Crippen LogP contribution in [0, 0.1) is 0 Å². The van der Waals surface area contributed by atoms with E-state index >= 15 is 0 Å². The first-order valence-corrected chi connectivity index (χ1v) is 32.2. The molecule has 0 bridgehead atoms. The Labute approximate surface area is 461 Å². The molecular formula is C64H123NO10. The quantitative estimate of drug-likeness (QED) is 0.0215. The Balaban J connectivity index is 2.26. The van der Waals surface area contributed by atoms with Crippen LogP contribution in [0.2, 0.25) is 0 Å². The molecule has 0 aromatic rings. The monoisotopic (exact) mass is 1070 g/mol. The van der Waals surface area contributed by atoms with Gasteiger partial charge in [0.05, 0.1) is 25.4 Å². The van der Waals surface area contributed by atoms with Crippen molar-refractivity contribution >= 4 is 5.91 Å². The third kappa shape index (κ3) is 41.3. The molecular weight excluding hydrogens is 943 g/mol. The van der Waals surface area contributed by atoms with E-state index < -0.39 is 74.2 Å². The van der Waals surface area contributed by atoms with Gasteiger partial charge >= 0.3 is 0 Å². The van der Waals surface area contributed by atoms with E-state index in [1.807, 2.05) is 0 Å². The number of aliphatic hydroxyl groups is 7. The SMILES string of the molecule is CCCCCCCCCCCCCCCCCCCCCCC/C=C/CC/C=C/CCCC(O)C(O)C(COC1OC(CO)C(O)C(O)C1O)NC(=O)C(O)CCCCCCCCCCCCCCCCCCCC. The van der Waals surface area contributed by atoms with E-state index in [0.29, 0.717) is 19.3 Å². The maximum absolute atomic E-state index is 13.2. The van der Waals surface area contributed by atoms with Gasteiger partial charge in [-0.1, -0.05) is 282 Å². The highest BCUT2D eigenvalue weighted by atomic mass is 16.7. The third-order valence-electron chi connectivity index (χ3n) is 15.7. The molecule has 75 heavy (non-hydrogen) atoms. The lowest BCUT2D eigenvalue weighted by molar-refractivity contribution is -0.303. The first-order chi connectivity index (χ1) is 36.7. The topological polar surface area (TPSA) is 189 Å². The minimum Gasteiger partial charge on any atom is -0.394 e. The average Bonchev–Trinajstić information content (AvgIpc) is 3.41. The average molecular weight is 1070 g/mol. The van der Waals surface area contributed by atoms with Crippen LogP contribution in [-0.2, 0) is 14.3 Å². The van der Waals surface area contributed by atoms with Gasteiger partial charge in [-0.25, -0.2) is 0 Å². The lowest BCUT2D eigenvalue weighted by atomic mass is 9.98. The van der Waals surface area contributed by atoms with Gasteiger partial charge in [-0.3, -0.25) is 4.79 Å². The van der Waals surface area contributed by atoms with Crippen LogP contribution in [0.15, 0.2) is 24.3 Å². The number of amides is 1. The molecule has 0 radical (unpaired) electrons. The van der Waals surface area contributed by atoms with Crippen LogP contribution in [0.25, 0.3) is 0 Å². The molecule has 0 saturated carbocycles. The van der Waals surface area contributed by atoms with Crippen molar-refractivity contribution in [1.29, 1.82) is 0 Å². The predicted octanol–water partition coefficient (Wildman–Crippen LogP) is 14.5. The molecule has 1 rings (SSSR count). The van der Waals surface area contributed by atoms with E-state index in [0.717, 1.165) is 38.5 Å². The Morgan fingerprint density at radius 2 is 0.800 bits per heavy atom. The fraction of sp³-hybridized carbons (Fsp3) is 0.922. The molecule has 1 saturated heterocycles. The van der Waals surface area contributed by atoms with Gasteiger partial charge in [-0.15, -0.1) is 0 Å². The summed E-state index contributed by atoms with van der Waals surface area (Å²) in [4.78, 5) is 13.2. The number of ether oxygens (including phenoxy) is 2. The third-order valence-corrected chi connectivity index (χ3v) is 15.7. The number of hydrogen-bond acceptors (Lipinski definition) is 10. The van der Waals surface area contributed by atoms with E-state index in [1.54, 1.807) is 0 Å². The number of rotatable bonds is 56. The number of carbonyl (C=O) groups is 1. The molecule has 0 aliphatic carbocycles. The van der Waals surface area contributed by atoms with Crippen LogP contribution in [0.4, 0.5) is 0 Å². The van der Waals surface area contributed by atoms with Crippen molar-refractivity contribution in [2.24, 2.45) is 0 Å². The normalized spacial score (nSPS) is 19.8. The predicted molar refractivity (Wildman–Crippen MR) is 312 cm³/mol. The van der Waals surface area contributed by atoms with Crippen molar-refractivity contribution in [2.45, 2.75) is 364 Å². The van der Waals surface area contributed by atoms with Crippen LogP contribution in [0.3, 0.4) is 0 Å². The lowest BCUT2D eigenvalue weighted by Gasteiger charge is -2.40.